The third-order valence-corrected chi connectivity index (χ3v) is 1.98. The van der Waals surface area contributed by atoms with E-state index in [1.165, 1.54) is 0 Å². The molecule has 0 aliphatic carbocycles. The Hall–Kier alpha value is -1.37. The highest BCUT2D eigenvalue weighted by atomic mass is 32.1. The Morgan fingerprint density at radius 3 is 2.92 bits per heavy atom. The van der Waals surface area contributed by atoms with Crippen molar-refractivity contribution in [2.24, 2.45) is 5.73 Å². The molecule has 1 unspecified atom stereocenters. The second-order valence-corrected chi connectivity index (χ2v) is 3.43. The lowest BCUT2D eigenvalue weighted by molar-refractivity contribution is -0.118. The topological polar surface area (TPSA) is 107 Å². The molecule has 7 heteroatoms. The van der Waals surface area contributed by atoms with E-state index in [9.17, 15) is 4.79 Å². The van der Waals surface area contributed by atoms with Crippen LogP contribution in [0.5, 0.6) is 0 Å². The molecule has 0 aromatic carbocycles. The molecule has 13 heavy (non-hydrogen) atoms. The standard InChI is InChI=1S/C6H11N5OS/c1-3(2-4(7)12)9-6-10-5(8)11-13-6/h3H,2H2,1H3,(H2,7,12)(H3,8,9,10,11). The summed E-state index contributed by atoms with van der Waals surface area (Å²) in [7, 11) is 0. The molecule has 0 saturated carbocycles. The average Bonchev–Trinajstić information content (AvgIpc) is 2.33. The molecule has 0 aliphatic heterocycles. The lowest BCUT2D eigenvalue weighted by Gasteiger charge is -2.08. The van der Waals surface area contributed by atoms with Crippen LogP contribution in [0, 0.1) is 0 Å². The maximum Gasteiger partial charge on any atom is 0.233 e. The van der Waals surface area contributed by atoms with Crippen molar-refractivity contribution in [1.29, 1.82) is 0 Å². The molecule has 0 spiro atoms. The van der Waals surface area contributed by atoms with Crippen molar-refractivity contribution in [3.8, 4) is 0 Å². The van der Waals surface area contributed by atoms with Crippen LogP contribution in [0.1, 0.15) is 13.3 Å². The number of hydrogen-bond donors (Lipinski definition) is 3. The van der Waals surface area contributed by atoms with Gasteiger partial charge in [-0.05, 0) is 6.92 Å². The number of anilines is 2. The molecule has 1 rings (SSSR count). The number of nitrogens with two attached hydrogens (primary N) is 2. The van der Waals surface area contributed by atoms with E-state index < -0.39 is 0 Å². The van der Waals surface area contributed by atoms with Gasteiger partial charge in [-0.2, -0.15) is 9.36 Å². The lowest BCUT2D eigenvalue weighted by Crippen LogP contribution is -2.23. The van der Waals surface area contributed by atoms with Crippen molar-refractivity contribution in [3.05, 3.63) is 0 Å². The highest BCUT2D eigenvalue weighted by Gasteiger charge is 2.08. The molecular weight excluding hydrogens is 190 g/mol. The SMILES string of the molecule is CC(CC(N)=O)Nc1nc(N)ns1. The van der Waals surface area contributed by atoms with Gasteiger partial charge in [-0.15, -0.1) is 0 Å². The first kappa shape index (κ1) is 9.72. The maximum absolute atomic E-state index is 10.5. The zero-order valence-electron chi connectivity index (χ0n) is 7.15. The monoisotopic (exact) mass is 201 g/mol. The van der Waals surface area contributed by atoms with E-state index in [-0.39, 0.29) is 24.3 Å². The molecule has 72 valence electrons. The highest BCUT2D eigenvalue weighted by Crippen LogP contribution is 2.13. The van der Waals surface area contributed by atoms with E-state index in [0.29, 0.717) is 5.13 Å². The Balaban J connectivity index is 2.44. The first-order valence-electron chi connectivity index (χ1n) is 3.72. The summed E-state index contributed by atoms with van der Waals surface area (Å²) in [4.78, 5) is 14.4. The van der Waals surface area contributed by atoms with Crippen molar-refractivity contribution in [2.75, 3.05) is 11.1 Å². The number of rotatable bonds is 4. The number of primary amides is 1. The summed E-state index contributed by atoms with van der Waals surface area (Å²) in [5.74, 6) is -0.115. The Bertz CT molecular complexity index is 299. The average molecular weight is 201 g/mol. The number of carbonyl (C=O) groups is 1. The number of aromatic nitrogens is 2. The minimum atomic E-state index is -0.350. The fourth-order valence-electron chi connectivity index (χ4n) is 0.857. The zero-order valence-corrected chi connectivity index (χ0v) is 7.97. The molecule has 0 fully saturated rings. The van der Waals surface area contributed by atoms with Crippen LogP contribution in [-0.2, 0) is 4.79 Å². The minimum absolute atomic E-state index is 0.0511. The quantitative estimate of drug-likeness (QED) is 0.625. The number of amides is 1. The highest BCUT2D eigenvalue weighted by molar-refractivity contribution is 7.09. The molecule has 0 bridgehead atoms. The Morgan fingerprint density at radius 1 is 1.77 bits per heavy atom. The number of nitrogens with zero attached hydrogens (tertiary/aromatic N) is 2. The molecule has 1 atom stereocenters. The first-order valence-corrected chi connectivity index (χ1v) is 4.49. The normalized spacial score (nSPS) is 12.4. The van der Waals surface area contributed by atoms with Crippen LogP contribution in [-0.4, -0.2) is 21.3 Å². The van der Waals surface area contributed by atoms with Crippen molar-refractivity contribution in [3.63, 3.8) is 0 Å². The van der Waals surface area contributed by atoms with E-state index in [0.717, 1.165) is 11.5 Å². The summed E-state index contributed by atoms with van der Waals surface area (Å²) >= 11 is 1.16. The Labute approximate surface area is 79.5 Å². The van der Waals surface area contributed by atoms with E-state index in [1.54, 1.807) is 0 Å². The van der Waals surface area contributed by atoms with Gasteiger partial charge in [-0.3, -0.25) is 4.79 Å². The van der Waals surface area contributed by atoms with Gasteiger partial charge in [0.05, 0.1) is 0 Å². The van der Waals surface area contributed by atoms with Gasteiger partial charge in [-0.25, -0.2) is 0 Å². The van der Waals surface area contributed by atoms with Gasteiger partial charge in [0, 0.05) is 24.0 Å². The van der Waals surface area contributed by atoms with Crippen LogP contribution >= 0.6 is 11.5 Å². The van der Waals surface area contributed by atoms with Crippen LogP contribution in [0.25, 0.3) is 0 Å². The molecule has 0 radical (unpaired) electrons. The second-order valence-electron chi connectivity index (χ2n) is 2.67. The van der Waals surface area contributed by atoms with E-state index in [2.05, 4.69) is 14.7 Å². The molecular formula is C6H11N5OS. The van der Waals surface area contributed by atoms with Gasteiger partial charge < -0.3 is 16.8 Å². The van der Waals surface area contributed by atoms with Crippen molar-refractivity contribution in [2.45, 2.75) is 19.4 Å². The molecule has 1 aromatic rings. The number of nitrogen functional groups attached to an aromatic ring is 1. The summed E-state index contributed by atoms with van der Waals surface area (Å²) in [6.45, 7) is 1.84. The number of nitrogens with one attached hydrogen (secondary N) is 1. The predicted molar refractivity (Wildman–Crippen MR) is 51.2 cm³/mol. The summed E-state index contributed by atoms with van der Waals surface area (Å²) in [5, 5.41) is 3.56. The summed E-state index contributed by atoms with van der Waals surface area (Å²) in [6, 6.07) is -0.0511. The fraction of sp³-hybridized carbons (Fsp3) is 0.500. The molecule has 1 heterocycles. The molecule has 0 aliphatic rings. The zero-order chi connectivity index (χ0) is 9.84. The lowest BCUT2D eigenvalue weighted by atomic mass is 10.2. The third kappa shape index (κ3) is 3.24. The summed E-state index contributed by atoms with van der Waals surface area (Å²) < 4.78 is 3.78. The Morgan fingerprint density at radius 2 is 2.46 bits per heavy atom. The van der Waals surface area contributed by atoms with Crippen molar-refractivity contribution >= 4 is 28.5 Å². The largest absolute Gasteiger partial charge is 0.370 e. The van der Waals surface area contributed by atoms with Gasteiger partial charge in [0.2, 0.25) is 17.0 Å². The molecule has 5 N–H and O–H groups in total. The third-order valence-electron chi connectivity index (χ3n) is 1.32. The fourth-order valence-corrected chi connectivity index (χ4v) is 1.47. The maximum atomic E-state index is 10.5. The predicted octanol–water partition coefficient (Wildman–Crippen LogP) is -0.204. The summed E-state index contributed by atoms with van der Waals surface area (Å²) in [6.07, 6.45) is 0.263. The molecule has 6 nitrogen and oxygen atoms in total. The van der Waals surface area contributed by atoms with Gasteiger partial charge >= 0.3 is 0 Å². The van der Waals surface area contributed by atoms with Crippen molar-refractivity contribution < 1.29 is 4.79 Å². The van der Waals surface area contributed by atoms with Gasteiger partial charge in [0.15, 0.2) is 0 Å². The van der Waals surface area contributed by atoms with Crippen molar-refractivity contribution in [1.82, 2.24) is 9.36 Å². The summed E-state index contributed by atoms with van der Waals surface area (Å²) in [5.41, 5.74) is 10.3. The molecule has 1 amide bonds. The van der Waals surface area contributed by atoms with Gasteiger partial charge in [0.1, 0.15) is 0 Å². The smallest absolute Gasteiger partial charge is 0.233 e. The van der Waals surface area contributed by atoms with Gasteiger partial charge in [0.25, 0.3) is 0 Å². The van der Waals surface area contributed by atoms with Gasteiger partial charge in [-0.1, -0.05) is 0 Å². The van der Waals surface area contributed by atoms with Crippen LogP contribution in [0.4, 0.5) is 11.1 Å². The van der Waals surface area contributed by atoms with E-state index in [4.69, 9.17) is 11.5 Å². The Kier molecular flexibility index (Phi) is 3.02. The molecule has 0 saturated heterocycles. The van der Waals surface area contributed by atoms with E-state index >= 15 is 0 Å². The van der Waals surface area contributed by atoms with E-state index in [1.807, 2.05) is 6.92 Å². The van der Waals surface area contributed by atoms with Crippen LogP contribution in [0.3, 0.4) is 0 Å². The number of hydrogen-bond acceptors (Lipinski definition) is 6. The minimum Gasteiger partial charge on any atom is -0.370 e. The molecule has 1 aromatic heterocycles. The second kappa shape index (κ2) is 4.04. The van der Waals surface area contributed by atoms with Crippen LogP contribution in [0.15, 0.2) is 0 Å². The van der Waals surface area contributed by atoms with Crippen LogP contribution < -0.4 is 16.8 Å². The first-order chi connectivity index (χ1) is 6.08. The van der Waals surface area contributed by atoms with Crippen LogP contribution in [0.2, 0.25) is 0 Å². The number of carbonyl (C=O) groups excluding carboxylic acids is 1.